The van der Waals surface area contributed by atoms with Gasteiger partial charge in [-0.3, -0.25) is 14.9 Å². The summed E-state index contributed by atoms with van der Waals surface area (Å²) in [6.07, 6.45) is 1.47. The van der Waals surface area contributed by atoms with E-state index in [4.69, 9.17) is 4.74 Å². The number of ether oxygens (including phenoxy) is 1. The van der Waals surface area contributed by atoms with Crippen molar-refractivity contribution in [3.8, 4) is 5.75 Å². The highest BCUT2D eigenvalue weighted by atomic mass is 16.6. The fraction of sp³-hybridized carbons (Fsp3) is 0.316. The molecule has 0 aliphatic rings. The molecule has 2 aromatic carbocycles. The molecule has 0 atom stereocenters. The minimum Gasteiger partial charge on any atom is -0.494 e. The number of hydrogen-bond donors (Lipinski definition) is 1. The molecule has 0 saturated carbocycles. The Morgan fingerprint density at radius 1 is 1.24 bits per heavy atom. The number of non-ortho nitro benzene ring substituents is 1. The highest BCUT2D eigenvalue weighted by Gasteiger charge is 2.16. The molecule has 0 fully saturated rings. The van der Waals surface area contributed by atoms with Crippen LogP contribution in [-0.4, -0.2) is 17.4 Å². The molecule has 2 rings (SSSR count). The lowest BCUT2D eigenvalue weighted by molar-refractivity contribution is -0.384. The molecule has 0 aliphatic heterocycles. The van der Waals surface area contributed by atoms with Crippen LogP contribution >= 0.6 is 0 Å². The maximum absolute atomic E-state index is 12.6. The monoisotopic (exact) mass is 342 g/mol. The van der Waals surface area contributed by atoms with E-state index in [9.17, 15) is 14.9 Å². The number of rotatable bonds is 7. The number of nitrogens with one attached hydrogen (secondary N) is 1. The summed E-state index contributed by atoms with van der Waals surface area (Å²) in [5.74, 6) is 0.374. The van der Waals surface area contributed by atoms with Crippen LogP contribution in [0.2, 0.25) is 0 Å². The van der Waals surface area contributed by atoms with E-state index in [1.165, 1.54) is 12.1 Å². The fourth-order valence-corrected chi connectivity index (χ4v) is 2.54. The summed E-state index contributed by atoms with van der Waals surface area (Å²) in [5.41, 5.74) is 2.53. The maximum atomic E-state index is 12.6. The molecular formula is C19H22N2O4. The largest absolute Gasteiger partial charge is 0.494 e. The Labute approximate surface area is 147 Å². The Kier molecular flexibility index (Phi) is 6.11. The van der Waals surface area contributed by atoms with Gasteiger partial charge in [-0.2, -0.15) is 0 Å². The molecule has 0 unspecified atom stereocenters. The van der Waals surface area contributed by atoms with Crippen LogP contribution in [0.25, 0.3) is 0 Å². The maximum Gasteiger partial charge on any atom is 0.270 e. The Bertz CT molecular complexity index is 787. The summed E-state index contributed by atoms with van der Waals surface area (Å²) in [4.78, 5) is 23.2. The van der Waals surface area contributed by atoms with Crippen molar-refractivity contribution in [1.29, 1.82) is 0 Å². The third kappa shape index (κ3) is 4.56. The van der Waals surface area contributed by atoms with Gasteiger partial charge in [-0.25, -0.2) is 0 Å². The molecule has 0 spiro atoms. The second-order valence-corrected chi connectivity index (χ2v) is 5.74. The molecule has 6 nitrogen and oxygen atoms in total. The SMILES string of the molecule is CCCOc1cccc(C(=O)Nc2c(C)cc([N+](=O)[O-])cc2CC)c1. The minimum atomic E-state index is -0.424. The van der Waals surface area contributed by atoms with Crippen LogP contribution in [0.1, 0.15) is 41.8 Å². The van der Waals surface area contributed by atoms with E-state index < -0.39 is 4.92 Å². The molecule has 1 N–H and O–H groups in total. The molecule has 1 amide bonds. The van der Waals surface area contributed by atoms with Crippen LogP contribution in [0, 0.1) is 17.0 Å². The zero-order chi connectivity index (χ0) is 18.4. The predicted octanol–water partition coefficient (Wildman–Crippen LogP) is 4.51. The van der Waals surface area contributed by atoms with Crippen molar-refractivity contribution in [3.63, 3.8) is 0 Å². The first-order chi connectivity index (χ1) is 12.0. The molecule has 25 heavy (non-hydrogen) atoms. The average molecular weight is 342 g/mol. The molecule has 132 valence electrons. The Morgan fingerprint density at radius 3 is 2.64 bits per heavy atom. The van der Waals surface area contributed by atoms with Crippen LogP contribution in [0.4, 0.5) is 11.4 Å². The van der Waals surface area contributed by atoms with Gasteiger partial charge in [0.1, 0.15) is 5.75 Å². The summed E-state index contributed by atoms with van der Waals surface area (Å²) in [6.45, 7) is 6.25. The lowest BCUT2D eigenvalue weighted by Gasteiger charge is -2.14. The molecule has 0 bridgehead atoms. The van der Waals surface area contributed by atoms with Gasteiger partial charge in [0.05, 0.1) is 11.5 Å². The molecule has 0 heterocycles. The van der Waals surface area contributed by atoms with Gasteiger partial charge >= 0.3 is 0 Å². The Balaban J connectivity index is 2.27. The van der Waals surface area contributed by atoms with Crippen LogP contribution < -0.4 is 10.1 Å². The van der Waals surface area contributed by atoms with Crippen molar-refractivity contribution in [2.45, 2.75) is 33.6 Å². The van der Waals surface area contributed by atoms with Crippen molar-refractivity contribution in [3.05, 3.63) is 63.2 Å². The highest BCUT2D eigenvalue weighted by molar-refractivity contribution is 6.05. The summed E-state index contributed by atoms with van der Waals surface area (Å²) < 4.78 is 5.55. The Hall–Kier alpha value is -2.89. The van der Waals surface area contributed by atoms with Crippen molar-refractivity contribution >= 4 is 17.3 Å². The normalized spacial score (nSPS) is 10.4. The van der Waals surface area contributed by atoms with Crippen molar-refractivity contribution < 1.29 is 14.5 Å². The lowest BCUT2D eigenvalue weighted by Crippen LogP contribution is -2.14. The molecule has 0 aliphatic carbocycles. The third-order valence-corrected chi connectivity index (χ3v) is 3.80. The topological polar surface area (TPSA) is 81.5 Å². The molecular weight excluding hydrogens is 320 g/mol. The van der Waals surface area contributed by atoms with Crippen LogP contribution in [0.15, 0.2) is 36.4 Å². The number of anilines is 1. The lowest BCUT2D eigenvalue weighted by atomic mass is 10.0. The number of carbonyl (C=O) groups excluding carboxylic acids is 1. The van der Waals surface area contributed by atoms with Gasteiger partial charge in [0.25, 0.3) is 11.6 Å². The predicted molar refractivity (Wildman–Crippen MR) is 97.4 cm³/mol. The summed E-state index contributed by atoms with van der Waals surface area (Å²) in [5, 5.41) is 13.9. The van der Waals surface area contributed by atoms with Gasteiger partial charge in [-0.1, -0.05) is 19.9 Å². The standard InChI is InChI=1S/C19H22N2O4/c1-4-9-25-17-8-6-7-15(12-17)19(22)20-18-13(3)10-16(21(23)24)11-14(18)5-2/h6-8,10-12H,4-5,9H2,1-3H3,(H,20,22). The number of amides is 1. The highest BCUT2D eigenvalue weighted by Crippen LogP contribution is 2.28. The van der Waals surface area contributed by atoms with Crippen LogP contribution in [0.5, 0.6) is 5.75 Å². The number of benzene rings is 2. The van der Waals surface area contributed by atoms with E-state index in [-0.39, 0.29) is 11.6 Å². The first-order valence-electron chi connectivity index (χ1n) is 8.28. The number of carbonyl (C=O) groups is 1. The smallest absolute Gasteiger partial charge is 0.270 e. The van der Waals surface area contributed by atoms with E-state index in [0.29, 0.717) is 35.6 Å². The number of hydrogen-bond acceptors (Lipinski definition) is 4. The van der Waals surface area contributed by atoms with Gasteiger partial charge < -0.3 is 10.1 Å². The van der Waals surface area contributed by atoms with E-state index in [2.05, 4.69) is 5.32 Å². The van der Waals surface area contributed by atoms with E-state index in [1.807, 2.05) is 13.8 Å². The summed E-state index contributed by atoms with van der Waals surface area (Å²) >= 11 is 0. The summed E-state index contributed by atoms with van der Waals surface area (Å²) in [7, 11) is 0. The van der Waals surface area contributed by atoms with E-state index in [1.54, 1.807) is 31.2 Å². The van der Waals surface area contributed by atoms with Crippen LogP contribution in [-0.2, 0) is 6.42 Å². The summed E-state index contributed by atoms with van der Waals surface area (Å²) in [6, 6.07) is 9.95. The minimum absolute atomic E-state index is 0.0299. The molecule has 0 radical (unpaired) electrons. The first kappa shape index (κ1) is 18.4. The van der Waals surface area contributed by atoms with Gasteiger partial charge in [-0.15, -0.1) is 0 Å². The van der Waals surface area contributed by atoms with Crippen molar-refractivity contribution in [1.82, 2.24) is 0 Å². The van der Waals surface area contributed by atoms with Crippen molar-refractivity contribution in [2.24, 2.45) is 0 Å². The zero-order valence-corrected chi connectivity index (χ0v) is 14.7. The number of nitro groups is 1. The van der Waals surface area contributed by atoms with E-state index in [0.717, 1.165) is 12.0 Å². The third-order valence-electron chi connectivity index (χ3n) is 3.80. The van der Waals surface area contributed by atoms with Gasteiger partial charge in [-0.05, 0) is 49.1 Å². The van der Waals surface area contributed by atoms with Gasteiger partial charge in [0.2, 0.25) is 0 Å². The second-order valence-electron chi connectivity index (χ2n) is 5.74. The van der Waals surface area contributed by atoms with Gasteiger partial charge in [0, 0.05) is 23.4 Å². The molecule has 2 aromatic rings. The van der Waals surface area contributed by atoms with Gasteiger partial charge in [0.15, 0.2) is 0 Å². The second kappa shape index (κ2) is 8.28. The quantitative estimate of drug-likeness (QED) is 0.593. The average Bonchev–Trinajstić information content (AvgIpc) is 2.61. The zero-order valence-electron chi connectivity index (χ0n) is 14.7. The molecule has 0 saturated heterocycles. The first-order valence-corrected chi connectivity index (χ1v) is 8.28. The number of nitrogens with zero attached hydrogens (tertiary/aromatic N) is 1. The fourth-order valence-electron chi connectivity index (χ4n) is 2.54. The van der Waals surface area contributed by atoms with Crippen molar-refractivity contribution in [2.75, 3.05) is 11.9 Å². The molecule has 6 heteroatoms. The molecule has 0 aromatic heterocycles. The number of nitro benzene ring substituents is 1. The van der Waals surface area contributed by atoms with E-state index >= 15 is 0 Å². The van der Waals surface area contributed by atoms with Crippen LogP contribution in [0.3, 0.4) is 0 Å². The number of aryl methyl sites for hydroxylation is 2. The Morgan fingerprint density at radius 2 is 2.00 bits per heavy atom.